The average molecular weight is 496 g/mol. The Bertz CT molecular complexity index is 1060. The maximum atomic E-state index is 13.4. The molecule has 2 aliphatic rings. The fourth-order valence-corrected chi connectivity index (χ4v) is 5.14. The van der Waals surface area contributed by atoms with Gasteiger partial charge in [0.05, 0.1) is 6.54 Å². The molecule has 1 aliphatic heterocycles. The van der Waals surface area contributed by atoms with Gasteiger partial charge in [-0.2, -0.15) is 9.97 Å². The van der Waals surface area contributed by atoms with Gasteiger partial charge in [-0.3, -0.25) is 9.59 Å². The number of aliphatic carboxylic acids is 1. The molecule has 4 rings (SSSR count). The number of carbonyl (C=O) groups excluding carboxylic acids is 1. The van der Waals surface area contributed by atoms with Gasteiger partial charge in [-0.25, -0.2) is 0 Å². The predicted molar refractivity (Wildman–Crippen MR) is 140 cm³/mol. The van der Waals surface area contributed by atoms with Crippen LogP contribution in [-0.4, -0.2) is 46.6 Å². The number of carboxylic acids is 1. The van der Waals surface area contributed by atoms with Crippen molar-refractivity contribution in [2.24, 2.45) is 11.8 Å². The van der Waals surface area contributed by atoms with E-state index < -0.39 is 5.97 Å². The van der Waals surface area contributed by atoms with Gasteiger partial charge in [-0.05, 0) is 74.0 Å². The average Bonchev–Trinajstić information content (AvgIpc) is 3.01. The molecular formula is C27H37N5O4. The van der Waals surface area contributed by atoms with E-state index in [1.165, 1.54) is 5.56 Å². The van der Waals surface area contributed by atoms with Crippen molar-refractivity contribution in [3.63, 3.8) is 0 Å². The second-order valence-corrected chi connectivity index (χ2v) is 10.3. The lowest BCUT2D eigenvalue weighted by Gasteiger charge is -2.28. The number of nitrogens with one attached hydrogen (secondary N) is 1. The van der Waals surface area contributed by atoms with Gasteiger partial charge in [0.1, 0.15) is 18.0 Å². The molecule has 0 radical (unpaired) electrons. The fourth-order valence-electron chi connectivity index (χ4n) is 5.14. The van der Waals surface area contributed by atoms with Gasteiger partial charge in [-0.15, -0.1) is 0 Å². The molecule has 1 saturated carbocycles. The van der Waals surface area contributed by atoms with Crippen LogP contribution < -0.4 is 20.7 Å². The van der Waals surface area contributed by atoms with E-state index in [1.54, 1.807) is 4.90 Å². The number of benzene rings is 1. The maximum absolute atomic E-state index is 13.4. The third-order valence-corrected chi connectivity index (χ3v) is 7.14. The molecule has 1 aromatic heterocycles. The Hall–Kier alpha value is -3.36. The molecule has 194 valence electrons. The Balaban J connectivity index is 1.42. The fraction of sp³-hybridized carbons (Fsp3) is 0.556. The monoisotopic (exact) mass is 495 g/mol. The Morgan fingerprint density at radius 1 is 1.19 bits per heavy atom. The zero-order valence-electron chi connectivity index (χ0n) is 21.2. The van der Waals surface area contributed by atoms with Crippen molar-refractivity contribution in [1.82, 2.24) is 9.97 Å². The first kappa shape index (κ1) is 25.7. The number of nitrogens with two attached hydrogens (primary N) is 1. The minimum Gasteiger partial charge on any atom is -0.481 e. The lowest BCUT2D eigenvalue weighted by atomic mass is 9.77. The van der Waals surface area contributed by atoms with E-state index in [9.17, 15) is 9.59 Å². The molecule has 0 spiro atoms. The highest BCUT2D eigenvalue weighted by molar-refractivity contribution is 6.10. The van der Waals surface area contributed by atoms with Crippen LogP contribution in [0.25, 0.3) is 0 Å². The molecule has 1 fully saturated rings. The molecule has 1 aliphatic carbocycles. The molecule has 2 aromatic rings. The van der Waals surface area contributed by atoms with E-state index in [1.807, 2.05) is 12.1 Å². The van der Waals surface area contributed by atoms with Gasteiger partial charge in [-0.1, -0.05) is 26.0 Å². The standard InChI is InChI=1S/C27H37N5O4/c1-17(2)4-3-13-29-27-30-24(28)23-25(31-27)36-15-14-32(26(23)35)21-11-9-20(10-12-21)19-7-5-18(6-8-19)16-22(33)34/h9-12,17-19H,3-8,13-16H2,1-2H3,(H,33,34)(H3,28,29,30,31). The number of aromatic nitrogens is 2. The van der Waals surface area contributed by atoms with E-state index in [4.69, 9.17) is 15.6 Å². The summed E-state index contributed by atoms with van der Waals surface area (Å²) >= 11 is 0. The van der Waals surface area contributed by atoms with Crippen LogP contribution in [0, 0.1) is 11.8 Å². The van der Waals surface area contributed by atoms with Crippen LogP contribution in [0.5, 0.6) is 5.88 Å². The highest BCUT2D eigenvalue weighted by Gasteiger charge is 2.30. The zero-order valence-corrected chi connectivity index (χ0v) is 21.2. The third kappa shape index (κ3) is 6.25. The smallest absolute Gasteiger partial charge is 0.303 e. The Morgan fingerprint density at radius 2 is 1.92 bits per heavy atom. The number of hydrogen-bond acceptors (Lipinski definition) is 7. The molecule has 0 unspecified atom stereocenters. The van der Waals surface area contributed by atoms with Gasteiger partial charge >= 0.3 is 5.97 Å². The number of amides is 1. The first-order valence-corrected chi connectivity index (χ1v) is 13.0. The topological polar surface area (TPSA) is 131 Å². The second-order valence-electron chi connectivity index (χ2n) is 10.3. The van der Waals surface area contributed by atoms with Crippen LogP contribution in [0.1, 0.15) is 80.6 Å². The largest absolute Gasteiger partial charge is 0.481 e. The number of nitrogen functional groups attached to an aromatic ring is 1. The van der Waals surface area contributed by atoms with Gasteiger partial charge in [0.2, 0.25) is 11.8 Å². The summed E-state index contributed by atoms with van der Waals surface area (Å²) in [6.45, 7) is 5.78. The number of nitrogens with zero attached hydrogens (tertiary/aromatic N) is 3. The molecule has 9 heteroatoms. The molecule has 4 N–H and O–H groups in total. The van der Waals surface area contributed by atoms with E-state index >= 15 is 0 Å². The lowest BCUT2D eigenvalue weighted by Crippen LogP contribution is -2.32. The van der Waals surface area contributed by atoms with Crippen LogP contribution in [-0.2, 0) is 4.79 Å². The Labute approximate surface area is 212 Å². The first-order chi connectivity index (χ1) is 17.3. The number of rotatable bonds is 9. The molecular weight excluding hydrogens is 458 g/mol. The summed E-state index contributed by atoms with van der Waals surface area (Å²) in [5.41, 5.74) is 8.40. The molecule has 36 heavy (non-hydrogen) atoms. The second kappa shape index (κ2) is 11.6. The SMILES string of the molecule is CC(C)CCCNc1nc(N)c2c(n1)OCCN(c1ccc(C3CCC(CC(=O)O)CC3)cc1)C2=O. The summed E-state index contributed by atoms with van der Waals surface area (Å²) in [6.07, 6.45) is 6.20. The molecule has 2 heterocycles. The van der Waals surface area contributed by atoms with E-state index in [2.05, 4.69) is 41.3 Å². The van der Waals surface area contributed by atoms with Crippen molar-refractivity contribution in [1.29, 1.82) is 0 Å². The highest BCUT2D eigenvalue weighted by Crippen LogP contribution is 2.38. The number of anilines is 3. The van der Waals surface area contributed by atoms with E-state index in [-0.39, 0.29) is 35.5 Å². The molecule has 9 nitrogen and oxygen atoms in total. The van der Waals surface area contributed by atoms with E-state index in [0.29, 0.717) is 30.9 Å². The third-order valence-electron chi connectivity index (χ3n) is 7.14. The van der Waals surface area contributed by atoms with Crippen molar-refractivity contribution in [3.05, 3.63) is 35.4 Å². The minimum atomic E-state index is -0.712. The number of hydrogen-bond donors (Lipinski definition) is 3. The summed E-state index contributed by atoms with van der Waals surface area (Å²) < 4.78 is 5.82. The first-order valence-electron chi connectivity index (χ1n) is 13.0. The summed E-state index contributed by atoms with van der Waals surface area (Å²) in [4.78, 5) is 34.8. The van der Waals surface area contributed by atoms with E-state index in [0.717, 1.165) is 50.8 Å². The number of carbonyl (C=O) groups is 2. The van der Waals surface area contributed by atoms with Crippen molar-refractivity contribution in [2.45, 2.75) is 64.7 Å². The number of fused-ring (bicyclic) bond motifs is 1. The molecule has 1 aromatic carbocycles. The minimum absolute atomic E-state index is 0.109. The van der Waals surface area contributed by atoms with Gasteiger partial charge in [0.15, 0.2) is 0 Å². The molecule has 0 bridgehead atoms. The zero-order chi connectivity index (χ0) is 25.7. The quantitative estimate of drug-likeness (QED) is 0.427. The van der Waals surface area contributed by atoms with Gasteiger partial charge < -0.3 is 25.8 Å². The summed E-state index contributed by atoms with van der Waals surface area (Å²) in [5.74, 6) is 1.04. The van der Waals surface area contributed by atoms with Crippen LogP contribution in [0.15, 0.2) is 24.3 Å². The molecule has 0 saturated heterocycles. The lowest BCUT2D eigenvalue weighted by molar-refractivity contribution is -0.138. The summed E-state index contributed by atoms with van der Waals surface area (Å²) in [6, 6.07) is 8.06. The van der Waals surface area contributed by atoms with Crippen LogP contribution in [0.2, 0.25) is 0 Å². The van der Waals surface area contributed by atoms with Crippen molar-refractivity contribution < 1.29 is 19.4 Å². The number of carboxylic acid groups (broad SMARTS) is 1. The van der Waals surface area contributed by atoms with Crippen LogP contribution in [0.4, 0.5) is 17.5 Å². The number of ether oxygens (including phenoxy) is 1. The maximum Gasteiger partial charge on any atom is 0.303 e. The normalized spacial score (nSPS) is 20.0. The Morgan fingerprint density at radius 3 is 2.58 bits per heavy atom. The molecule has 0 atom stereocenters. The predicted octanol–water partition coefficient (Wildman–Crippen LogP) is 4.69. The summed E-state index contributed by atoms with van der Waals surface area (Å²) in [5, 5.41) is 12.2. The van der Waals surface area contributed by atoms with Crippen LogP contribution >= 0.6 is 0 Å². The van der Waals surface area contributed by atoms with Crippen molar-refractivity contribution in [3.8, 4) is 5.88 Å². The van der Waals surface area contributed by atoms with Gasteiger partial charge in [0, 0.05) is 18.7 Å². The highest BCUT2D eigenvalue weighted by atomic mass is 16.5. The summed E-state index contributed by atoms with van der Waals surface area (Å²) in [7, 11) is 0. The van der Waals surface area contributed by atoms with Crippen LogP contribution in [0.3, 0.4) is 0 Å². The van der Waals surface area contributed by atoms with Gasteiger partial charge in [0.25, 0.3) is 5.91 Å². The van der Waals surface area contributed by atoms with Crippen molar-refractivity contribution in [2.75, 3.05) is 35.6 Å². The molecule has 1 amide bonds. The Kier molecular flexibility index (Phi) is 8.28. The van der Waals surface area contributed by atoms with Crippen molar-refractivity contribution >= 4 is 29.3 Å².